The van der Waals surface area contributed by atoms with Crippen LogP contribution in [0.3, 0.4) is 0 Å². The summed E-state index contributed by atoms with van der Waals surface area (Å²) in [4.78, 5) is 16.3. The van der Waals surface area contributed by atoms with E-state index in [0.29, 0.717) is 22.4 Å². The summed E-state index contributed by atoms with van der Waals surface area (Å²) < 4.78 is 29.7. The lowest BCUT2D eigenvalue weighted by atomic mass is 9.97. The molecule has 1 aliphatic rings. The number of hydrogen-bond acceptors (Lipinski definition) is 3. The number of hydrogen-bond donors (Lipinski definition) is 0. The van der Waals surface area contributed by atoms with E-state index in [2.05, 4.69) is 9.39 Å². The normalized spacial score (nSPS) is 15.2. The van der Waals surface area contributed by atoms with E-state index in [1.165, 1.54) is 24.3 Å². The molecule has 0 atom stereocenters. The number of benzene rings is 2. The predicted molar refractivity (Wildman–Crippen MR) is 111 cm³/mol. The largest absolute Gasteiger partial charge is 0.290 e. The smallest absolute Gasteiger partial charge is 0.284 e. The Bertz CT molecular complexity index is 1110. The van der Waals surface area contributed by atoms with Crippen molar-refractivity contribution in [2.75, 3.05) is 0 Å². The minimum atomic E-state index is -3.95. The van der Waals surface area contributed by atoms with Gasteiger partial charge in [0.2, 0.25) is 0 Å². The Balaban J connectivity index is 2.16. The minimum Gasteiger partial charge on any atom is -0.290 e. The van der Waals surface area contributed by atoms with Crippen molar-refractivity contribution in [1.29, 1.82) is 0 Å². The van der Waals surface area contributed by atoms with E-state index in [1.54, 1.807) is 50.2 Å². The Morgan fingerprint density at radius 3 is 1.96 bits per heavy atom. The van der Waals surface area contributed by atoms with Crippen molar-refractivity contribution in [3.63, 3.8) is 0 Å². The van der Waals surface area contributed by atoms with Crippen LogP contribution in [0, 0.1) is 6.92 Å². The maximum Gasteiger partial charge on any atom is 0.284 e. The number of amidine groups is 1. The van der Waals surface area contributed by atoms with Crippen LogP contribution in [0.2, 0.25) is 0 Å². The van der Waals surface area contributed by atoms with Crippen LogP contribution < -0.4 is 0 Å². The molecule has 0 saturated heterocycles. The summed E-state index contributed by atoms with van der Waals surface area (Å²) in [5.41, 5.74) is 3.41. The van der Waals surface area contributed by atoms with Crippen LogP contribution in [0.15, 0.2) is 92.2 Å². The fourth-order valence-corrected chi connectivity index (χ4v) is 3.76. The number of aryl methyl sites for hydroxylation is 1. The molecule has 5 nitrogen and oxygen atoms in total. The maximum atomic E-state index is 12.8. The molecule has 0 radical (unpaired) electrons. The van der Waals surface area contributed by atoms with E-state index in [9.17, 15) is 13.2 Å². The standard InChI is InChI=1S/C22H20N2O3S/c1-15-9-11-20(12-10-15)28(26,27)24-22(18-7-5-4-6-8-18)23-21-16(2)13-19(25)14-17(21)3/h4-14H,1-3H3. The summed E-state index contributed by atoms with van der Waals surface area (Å²) >= 11 is 0. The highest BCUT2D eigenvalue weighted by Gasteiger charge is 2.18. The average molecular weight is 392 g/mol. The molecule has 1 aliphatic carbocycles. The summed E-state index contributed by atoms with van der Waals surface area (Å²) in [6, 6.07) is 15.4. The molecule has 142 valence electrons. The number of carbonyl (C=O) groups excluding carboxylic acids is 1. The summed E-state index contributed by atoms with van der Waals surface area (Å²) in [5, 5.41) is 0. The van der Waals surface area contributed by atoms with Crippen LogP contribution in [0.1, 0.15) is 25.0 Å². The molecular weight excluding hydrogens is 372 g/mol. The molecule has 6 heteroatoms. The summed E-state index contributed by atoms with van der Waals surface area (Å²) in [6.45, 7) is 5.42. The number of sulfonamides is 1. The molecule has 0 heterocycles. The molecule has 0 aromatic heterocycles. The van der Waals surface area contributed by atoms with Gasteiger partial charge < -0.3 is 0 Å². The van der Waals surface area contributed by atoms with Gasteiger partial charge in [-0.05, 0) is 56.2 Å². The average Bonchev–Trinajstić information content (AvgIpc) is 2.64. The van der Waals surface area contributed by atoms with Crippen molar-refractivity contribution in [3.8, 4) is 0 Å². The Hall–Kier alpha value is -3.12. The molecule has 0 fully saturated rings. The first kappa shape index (κ1) is 19.6. The zero-order chi connectivity index (χ0) is 20.3. The van der Waals surface area contributed by atoms with Crippen molar-refractivity contribution in [3.05, 3.63) is 89.0 Å². The Morgan fingerprint density at radius 1 is 0.821 bits per heavy atom. The van der Waals surface area contributed by atoms with E-state index < -0.39 is 10.0 Å². The number of rotatable bonds is 3. The summed E-state index contributed by atoms with van der Waals surface area (Å²) in [7, 11) is -3.95. The third-order valence-electron chi connectivity index (χ3n) is 4.24. The molecule has 0 N–H and O–H groups in total. The van der Waals surface area contributed by atoms with E-state index in [0.717, 1.165) is 5.56 Å². The van der Waals surface area contributed by atoms with Crippen molar-refractivity contribution in [2.45, 2.75) is 25.7 Å². The van der Waals surface area contributed by atoms with Crippen LogP contribution in [-0.2, 0) is 14.8 Å². The second kappa shape index (κ2) is 7.86. The Morgan fingerprint density at radius 2 is 1.39 bits per heavy atom. The molecule has 3 rings (SSSR count). The monoisotopic (exact) mass is 392 g/mol. The van der Waals surface area contributed by atoms with Gasteiger partial charge in [0.25, 0.3) is 10.0 Å². The van der Waals surface area contributed by atoms with Gasteiger partial charge >= 0.3 is 0 Å². The predicted octanol–water partition coefficient (Wildman–Crippen LogP) is 4.05. The molecule has 0 aliphatic heterocycles. The van der Waals surface area contributed by atoms with Gasteiger partial charge in [-0.15, -0.1) is 4.40 Å². The Labute approximate surface area is 164 Å². The lowest BCUT2D eigenvalue weighted by Crippen LogP contribution is -2.14. The lowest BCUT2D eigenvalue weighted by Gasteiger charge is -2.12. The van der Waals surface area contributed by atoms with Gasteiger partial charge in [-0.3, -0.25) is 4.79 Å². The highest BCUT2D eigenvalue weighted by molar-refractivity contribution is 7.90. The number of allylic oxidation sites excluding steroid dienone is 4. The van der Waals surface area contributed by atoms with Gasteiger partial charge in [-0.2, -0.15) is 8.42 Å². The molecule has 2 aromatic rings. The topological polar surface area (TPSA) is 75.9 Å². The molecule has 0 spiro atoms. The van der Waals surface area contributed by atoms with Gasteiger partial charge in [0.15, 0.2) is 11.6 Å². The van der Waals surface area contributed by atoms with E-state index in [-0.39, 0.29) is 16.5 Å². The van der Waals surface area contributed by atoms with Crippen LogP contribution >= 0.6 is 0 Å². The van der Waals surface area contributed by atoms with E-state index in [4.69, 9.17) is 0 Å². The molecule has 2 aromatic carbocycles. The minimum absolute atomic E-state index is 0.0750. The molecule has 0 saturated carbocycles. The van der Waals surface area contributed by atoms with Crippen LogP contribution in [0.5, 0.6) is 0 Å². The highest BCUT2D eigenvalue weighted by atomic mass is 32.2. The summed E-state index contributed by atoms with van der Waals surface area (Å²) in [5.74, 6) is -0.0366. The van der Waals surface area contributed by atoms with Crippen molar-refractivity contribution in [2.24, 2.45) is 9.39 Å². The maximum absolute atomic E-state index is 12.8. The SMILES string of the molecule is CC1=CC(=O)C=C(C)C1=NC(=NS(=O)(=O)c1ccc(C)cc1)c1ccccc1. The third-order valence-corrected chi connectivity index (χ3v) is 5.52. The third kappa shape index (κ3) is 4.40. The van der Waals surface area contributed by atoms with Gasteiger partial charge in [0.1, 0.15) is 0 Å². The molecule has 0 bridgehead atoms. The van der Waals surface area contributed by atoms with Gasteiger partial charge in [0, 0.05) is 5.56 Å². The summed E-state index contributed by atoms with van der Waals surface area (Å²) in [6.07, 6.45) is 2.95. The van der Waals surface area contributed by atoms with Crippen molar-refractivity contribution >= 4 is 27.4 Å². The number of nitrogens with zero attached hydrogens (tertiary/aromatic N) is 2. The first-order chi connectivity index (χ1) is 13.3. The molecular formula is C22H20N2O3S. The molecule has 0 unspecified atom stereocenters. The quantitative estimate of drug-likeness (QED) is 0.449. The van der Waals surface area contributed by atoms with Crippen LogP contribution in [-0.4, -0.2) is 25.7 Å². The fraction of sp³-hybridized carbons (Fsp3) is 0.136. The number of carbonyl (C=O) groups is 1. The van der Waals surface area contributed by atoms with Crippen molar-refractivity contribution in [1.82, 2.24) is 0 Å². The Kier molecular flexibility index (Phi) is 5.51. The number of aliphatic imine (C=N–C) groups is 1. The van der Waals surface area contributed by atoms with Crippen LogP contribution in [0.25, 0.3) is 0 Å². The highest BCUT2D eigenvalue weighted by Crippen LogP contribution is 2.19. The zero-order valence-corrected chi connectivity index (χ0v) is 16.7. The van der Waals surface area contributed by atoms with Crippen LogP contribution in [0.4, 0.5) is 0 Å². The van der Waals surface area contributed by atoms with Crippen molar-refractivity contribution < 1.29 is 13.2 Å². The number of ketones is 1. The second-order valence-electron chi connectivity index (χ2n) is 6.59. The lowest BCUT2D eigenvalue weighted by molar-refractivity contribution is -0.110. The van der Waals surface area contributed by atoms with E-state index >= 15 is 0 Å². The fourth-order valence-electron chi connectivity index (χ4n) is 2.80. The second-order valence-corrected chi connectivity index (χ2v) is 8.19. The van der Waals surface area contributed by atoms with E-state index in [1.807, 2.05) is 13.0 Å². The van der Waals surface area contributed by atoms with Gasteiger partial charge in [0.05, 0.1) is 10.6 Å². The van der Waals surface area contributed by atoms with Gasteiger partial charge in [-0.1, -0.05) is 48.0 Å². The zero-order valence-electron chi connectivity index (χ0n) is 15.9. The van der Waals surface area contributed by atoms with Gasteiger partial charge in [-0.25, -0.2) is 4.99 Å². The first-order valence-electron chi connectivity index (χ1n) is 8.73. The molecule has 28 heavy (non-hydrogen) atoms. The first-order valence-corrected chi connectivity index (χ1v) is 10.2. The molecule has 0 amide bonds.